The Morgan fingerprint density at radius 2 is 1.19 bits per heavy atom. The van der Waals surface area contributed by atoms with Gasteiger partial charge in [0.2, 0.25) is 0 Å². The Labute approximate surface area is 341 Å². The smallest absolute Gasteiger partial charge is 0.164 e. The Bertz CT molecular complexity index is 4170. The minimum atomic E-state index is -0.573. The molecule has 0 unspecified atom stereocenters. The average molecular weight is 742 g/mol. The normalized spacial score (nSPS) is 14.6. The molecule has 6 heteroatoms. The van der Waals surface area contributed by atoms with Gasteiger partial charge in [-0.05, 0) is 59.6 Å². The zero-order valence-electron chi connectivity index (χ0n) is 40.6. The van der Waals surface area contributed by atoms with Crippen molar-refractivity contribution in [1.82, 2.24) is 19.5 Å². The summed E-state index contributed by atoms with van der Waals surface area (Å²) in [5, 5.41) is 1.45. The lowest BCUT2D eigenvalue weighted by atomic mass is 10.0. The van der Waals surface area contributed by atoms with Crippen molar-refractivity contribution in [1.29, 1.82) is 0 Å². The molecular formula is C51H30N4O2. The lowest BCUT2D eigenvalue weighted by molar-refractivity contribution is 0.666. The summed E-state index contributed by atoms with van der Waals surface area (Å²) in [5.41, 5.74) is 3.96. The van der Waals surface area contributed by atoms with E-state index in [2.05, 4.69) is 0 Å². The molecule has 12 aromatic rings. The molecule has 0 radical (unpaired) electrons. The second-order valence-electron chi connectivity index (χ2n) is 13.5. The lowest BCUT2D eigenvalue weighted by Crippen LogP contribution is -2.00. The maximum atomic E-state index is 9.73. The molecule has 0 N–H and O–H groups in total. The Balaban J connectivity index is 1.13. The van der Waals surface area contributed by atoms with Crippen LogP contribution in [0.4, 0.5) is 0 Å². The highest BCUT2D eigenvalue weighted by molar-refractivity contribution is 6.14. The molecule has 8 aromatic carbocycles. The van der Waals surface area contributed by atoms with Crippen LogP contribution in [0.1, 0.15) is 15.1 Å². The first-order chi connectivity index (χ1) is 32.8. The summed E-state index contributed by atoms with van der Waals surface area (Å²) in [4.78, 5) is 14.7. The van der Waals surface area contributed by atoms with Crippen molar-refractivity contribution >= 4 is 65.7 Å². The molecule has 0 aliphatic rings. The molecular weight excluding hydrogens is 701 g/mol. The molecule has 4 heterocycles. The Hall–Kier alpha value is -7.83. The number of rotatable bonds is 5. The molecule has 0 aliphatic heterocycles. The quantitative estimate of drug-likeness (QED) is 0.176. The van der Waals surface area contributed by atoms with E-state index in [-0.39, 0.29) is 96.6 Å². The number of fused-ring (bicyclic) bond motifs is 9. The van der Waals surface area contributed by atoms with E-state index in [1.165, 1.54) is 22.8 Å². The highest BCUT2D eigenvalue weighted by Gasteiger charge is 2.21. The summed E-state index contributed by atoms with van der Waals surface area (Å²) in [6.07, 6.45) is 0. The maximum Gasteiger partial charge on any atom is 0.164 e. The molecule has 6 nitrogen and oxygen atoms in total. The summed E-state index contributed by atoms with van der Waals surface area (Å²) in [7, 11) is 0. The Morgan fingerprint density at radius 1 is 0.439 bits per heavy atom. The molecule has 0 spiro atoms. The van der Waals surface area contributed by atoms with E-state index in [0.29, 0.717) is 22.3 Å². The number of furan rings is 2. The van der Waals surface area contributed by atoms with Crippen LogP contribution >= 0.6 is 0 Å². The van der Waals surface area contributed by atoms with Gasteiger partial charge in [-0.3, -0.25) is 0 Å². The largest absolute Gasteiger partial charge is 0.456 e. The van der Waals surface area contributed by atoms with Gasteiger partial charge >= 0.3 is 0 Å². The number of nitrogens with zero attached hydrogens (tertiary/aromatic N) is 4. The van der Waals surface area contributed by atoms with Gasteiger partial charge in [0, 0.05) is 49.0 Å². The first kappa shape index (κ1) is 22.5. The van der Waals surface area contributed by atoms with Gasteiger partial charge in [0.1, 0.15) is 16.7 Å². The number of benzene rings is 8. The van der Waals surface area contributed by atoms with Crippen LogP contribution in [0.2, 0.25) is 0 Å². The van der Waals surface area contributed by atoms with E-state index in [1.54, 1.807) is 0 Å². The SMILES string of the molecule is [2H]c1cc2c(c([2H])c1[2H])c1c([2H])c([2H])ccc1n2-c1c([2H])c([2H])c([2H])c2c1oc1c([2H])c(-c3nc(-c4ccccc4)nc(-c4cccc5oc6cc(-c7ccccc7)ccc6c45)n3)c([2H])c([2H])c12. The van der Waals surface area contributed by atoms with Crippen molar-refractivity contribution in [3.8, 4) is 51.0 Å². The monoisotopic (exact) mass is 741 g/mol. The lowest BCUT2D eigenvalue weighted by Gasteiger charge is -2.09. The van der Waals surface area contributed by atoms with Gasteiger partial charge < -0.3 is 13.4 Å². The van der Waals surface area contributed by atoms with E-state index in [9.17, 15) is 5.48 Å². The van der Waals surface area contributed by atoms with Crippen LogP contribution in [-0.2, 0) is 0 Å². The predicted molar refractivity (Wildman–Crippen MR) is 230 cm³/mol. The molecule has 0 bridgehead atoms. The van der Waals surface area contributed by atoms with Crippen LogP contribution in [0.3, 0.4) is 0 Å². The summed E-state index contributed by atoms with van der Waals surface area (Å²) >= 11 is 0. The molecule has 12 rings (SSSR count). The van der Waals surface area contributed by atoms with Crippen LogP contribution < -0.4 is 0 Å². The second kappa shape index (κ2) is 12.3. The van der Waals surface area contributed by atoms with E-state index < -0.39 is 42.3 Å². The number of para-hydroxylation sites is 3. The molecule has 266 valence electrons. The highest BCUT2D eigenvalue weighted by atomic mass is 16.3. The third kappa shape index (κ3) is 4.94. The van der Waals surface area contributed by atoms with E-state index in [1.807, 2.05) is 97.1 Å². The number of aromatic nitrogens is 4. The minimum absolute atomic E-state index is 0.0687. The van der Waals surface area contributed by atoms with Crippen LogP contribution in [0.25, 0.3) is 117 Å². The van der Waals surface area contributed by atoms with Gasteiger partial charge in [0.05, 0.1) is 31.8 Å². The first-order valence-corrected chi connectivity index (χ1v) is 18.1. The molecule has 57 heavy (non-hydrogen) atoms. The Kier molecular flexibility index (Phi) is 4.88. The van der Waals surface area contributed by atoms with Crippen LogP contribution in [0.15, 0.2) is 191 Å². The fourth-order valence-electron chi connectivity index (χ4n) is 7.66. The number of hydrogen-bond acceptors (Lipinski definition) is 5. The van der Waals surface area contributed by atoms with E-state index >= 15 is 0 Å². The summed E-state index contributed by atoms with van der Waals surface area (Å²) in [6.45, 7) is 0. The zero-order valence-corrected chi connectivity index (χ0v) is 29.6. The van der Waals surface area contributed by atoms with Crippen molar-refractivity contribution in [3.05, 3.63) is 182 Å². The van der Waals surface area contributed by atoms with E-state index in [4.69, 9.17) is 33.4 Å². The van der Waals surface area contributed by atoms with Gasteiger partial charge in [-0.25, -0.2) is 15.0 Å². The molecule has 4 aromatic heterocycles. The second-order valence-corrected chi connectivity index (χ2v) is 13.5. The summed E-state index contributed by atoms with van der Waals surface area (Å²) in [5.74, 6) is 0.310. The van der Waals surface area contributed by atoms with Crippen molar-refractivity contribution in [2.75, 3.05) is 0 Å². The standard InChI is InChI=1S/C51H30N4O2/c1-3-13-31(14-4-1)33-25-28-39-46(29-33)56-44-24-12-20-40(47(39)44)51-53-49(32-15-5-2-6-16-32)52-50(54-51)34-26-27-37-38-19-11-23-43(48(38)57-45(37)30-34)55-41-21-9-7-17-35(41)36-18-8-10-22-42(36)55/h1-30H/i7D,8D,9D,11D,17D,18D,19D,23D,26D,27D,30D. The zero-order chi connectivity index (χ0) is 47.0. The predicted octanol–water partition coefficient (Wildman–Crippen LogP) is 13.4. The van der Waals surface area contributed by atoms with Gasteiger partial charge in [0.25, 0.3) is 0 Å². The fraction of sp³-hybridized carbons (Fsp3) is 0. The van der Waals surface area contributed by atoms with Crippen LogP contribution in [-0.4, -0.2) is 19.5 Å². The third-order valence-electron chi connectivity index (χ3n) is 10.2. The fourth-order valence-corrected chi connectivity index (χ4v) is 7.66. The van der Waals surface area contributed by atoms with Crippen molar-refractivity contribution in [3.63, 3.8) is 0 Å². The van der Waals surface area contributed by atoms with Crippen LogP contribution in [0.5, 0.6) is 0 Å². The van der Waals surface area contributed by atoms with Gasteiger partial charge in [-0.1, -0.05) is 133 Å². The van der Waals surface area contributed by atoms with Gasteiger partial charge in [0.15, 0.2) is 23.1 Å². The third-order valence-corrected chi connectivity index (χ3v) is 10.2. The van der Waals surface area contributed by atoms with Gasteiger partial charge in [-0.15, -0.1) is 0 Å². The molecule has 0 aliphatic carbocycles. The summed E-state index contributed by atoms with van der Waals surface area (Å²) < 4.78 is 114. The highest BCUT2D eigenvalue weighted by Crippen LogP contribution is 2.41. The molecule has 0 fully saturated rings. The number of hydrogen-bond donors (Lipinski definition) is 0. The van der Waals surface area contributed by atoms with E-state index in [0.717, 1.165) is 21.9 Å². The first-order valence-electron chi connectivity index (χ1n) is 23.6. The van der Waals surface area contributed by atoms with Crippen LogP contribution in [0, 0.1) is 0 Å². The topological polar surface area (TPSA) is 69.9 Å². The van der Waals surface area contributed by atoms with Crippen molar-refractivity contribution in [2.24, 2.45) is 0 Å². The van der Waals surface area contributed by atoms with Crippen molar-refractivity contribution < 1.29 is 23.9 Å². The maximum absolute atomic E-state index is 9.73. The van der Waals surface area contributed by atoms with Gasteiger partial charge in [-0.2, -0.15) is 0 Å². The summed E-state index contributed by atoms with van der Waals surface area (Å²) in [6, 6.07) is 30.3. The molecule has 0 atom stereocenters. The Morgan fingerprint density at radius 3 is 2.05 bits per heavy atom. The molecule has 0 saturated carbocycles. The molecule has 0 amide bonds. The molecule has 0 saturated heterocycles. The minimum Gasteiger partial charge on any atom is -0.456 e. The van der Waals surface area contributed by atoms with Crippen molar-refractivity contribution in [2.45, 2.75) is 0 Å². The average Bonchev–Trinajstić information content (AvgIpc) is 4.04.